The molecule has 4 rings (SSSR count). The summed E-state index contributed by atoms with van der Waals surface area (Å²) < 4.78 is 28.1. The highest BCUT2D eigenvalue weighted by Gasteiger charge is 2.34. The van der Waals surface area contributed by atoms with Crippen LogP contribution in [-0.2, 0) is 10.0 Å². The summed E-state index contributed by atoms with van der Waals surface area (Å²) in [4.78, 5) is 4.70. The molecule has 1 aromatic carbocycles. The minimum Gasteiger partial charge on any atom is -0.255 e. The monoisotopic (exact) mass is 402 g/mol. The zero-order chi connectivity index (χ0) is 19.0. The fourth-order valence-corrected chi connectivity index (χ4v) is 6.06. The van der Waals surface area contributed by atoms with Crippen LogP contribution in [0.15, 0.2) is 58.6 Å². The topological polar surface area (TPSA) is 50.3 Å². The number of fused-ring (bicyclic) bond motifs is 1. The largest absolute Gasteiger partial charge is 0.255 e. The van der Waals surface area contributed by atoms with Crippen LogP contribution >= 0.6 is 11.6 Å². The Balaban J connectivity index is 1.57. The molecular weight excluding hydrogens is 380 g/mol. The third-order valence-electron chi connectivity index (χ3n) is 5.55. The van der Waals surface area contributed by atoms with E-state index >= 15 is 0 Å². The predicted molar refractivity (Wildman–Crippen MR) is 109 cm³/mol. The smallest absolute Gasteiger partial charge is 0.245 e. The van der Waals surface area contributed by atoms with Gasteiger partial charge in [-0.3, -0.25) is 4.98 Å². The summed E-state index contributed by atoms with van der Waals surface area (Å²) in [5.41, 5.74) is 1.56. The van der Waals surface area contributed by atoms with Gasteiger partial charge >= 0.3 is 0 Å². The lowest BCUT2D eigenvalue weighted by atomic mass is 9.82. The van der Waals surface area contributed by atoms with Gasteiger partial charge in [0.05, 0.1) is 5.52 Å². The highest BCUT2D eigenvalue weighted by molar-refractivity contribution is 7.89. The van der Waals surface area contributed by atoms with Gasteiger partial charge in [-0.15, -0.1) is 0 Å². The second-order valence-electron chi connectivity index (χ2n) is 7.36. The van der Waals surface area contributed by atoms with Gasteiger partial charge in [0.2, 0.25) is 10.0 Å². The van der Waals surface area contributed by atoms with Crippen LogP contribution in [0, 0.1) is 18.8 Å². The first-order valence-electron chi connectivity index (χ1n) is 9.34. The van der Waals surface area contributed by atoms with Crippen molar-refractivity contribution in [1.29, 1.82) is 0 Å². The lowest BCUT2D eigenvalue weighted by Gasteiger charge is -2.35. The highest BCUT2D eigenvalue weighted by Crippen LogP contribution is 2.37. The number of halogens is 1. The molecule has 2 heterocycles. The first kappa shape index (κ1) is 18.7. The lowest BCUT2D eigenvalue weighted by Crippen LogP contribution is -2.40. The van der Waals surface area contributed by atoms with Crippen molar-refractivity contribution < 1.29 is 8.42 Å². The number of hydrogen-bond acceptors (Lipinski definition) is 3. The van der Waals surface area contributed by atoms with Crippen LogP contribution in [0.25, 0.3) is 10.9 Å². The van der Waals surface area contributed by atoms with Gasteiger partial charge in [-0.1, -0.05) is 42.0 Å². The van der Waals surface area contributed by atoms with Crippen molar-refractivity contribution >= 4 is 32.5 Å². The Hall–Kier alpha value is -1.69. The zero-order valence-electron chi connectivity index (χ0n) is 15.3. The molecule has 2 aliphatic rings. The van der Waals surface area contributed by atoms with E-state index in [9.17, 15) is 8.42 Å². The molecule has 1 aliphatic carbocycles. The minimum absolute atomic E-state index is 0.229. The number of hydrogen-bond donors (Lipinski definition) is 0. The molecule has 0 spiro atoms. The Morgan fingerprint density at radius 1 is 1.22 bits per heavy atom. The number of benzene rings is 1. The summed E-state index contributed by atoms with van der Waals surface area (Å²) in [7, 11) is -3.56. The molecule has 1 aliphatic heterocycles. The molecule has 0 saturated carbocycles. The van der Waals surface area contributed by atoms with Crippen molar-refractivity contribution in [1.82, 2.24) is 9.29 Å². The average molecular weight is 403 g/mol. The standard InChI is InChI=1S/C21H23ClN2O2S/c1-15-13-17-5-4-8-20(21(17)23-14-15)27(25,26)24-11-9-16(10-12-24)18-6-2-3-7-19(18)22/h2,4-8,13-14,16,18H,3,9-12H2,1H3. The van der Waals surface area contributed by atoms with Crippen molar-refractivity contribution in [2.45, 2.75) is 31.1 Å². The van der Waals surface area contributed by atoms with E-state index in [-0.39, 0.29) is 5.92 Å². The van der Waals surface area contributed by atoms with E-state index < -0.39 is 10.0 Å². The molecule has 6 heteroatoms. The second-order valence-corrected chi connectivity index (χ2v) is 9.70. The fraction of sp³-hybridized carbons (Fsp3) is 0.381. The summed E-state index contributed by atoms with van der Waals surface area (Å²) in [6.07, 6.45) is 10.6. The van der Waals surface area contributed by atoms with Crippen molar-refractivity contribution in [3.63, 3.8) is 0 Å². The van der Waals surface area contributed by atoms with Crippen LogP contribution in [0.2, 0.25) is 0 Å². The first-order chi connectivity index (χ1) is 13.0. The molecule has 1 fully saturated rings. The van der Waals surface area contributed by atoms with E-state index in [0.717, 1.165) is 35.2 Å². The average Bonchev–Trinajstić information content (AvgIpc) is 2.68. The fourth-order valence-electron chi connectivity index (χ4n) is 4.08. The molecule has 0 bridgehead atoms. The molecule has 1 unspecified atom stereocenters. The SMILES string of the molecule is Cc1cnc2c(S(=O)(=O)N3CCC(C4C=CCC=C4Cl)CC3)cccc2c1. The molecule has 2 aromatic rings. The van der Waals surface area contributed by atoms with E-state index in [1.807, 2.05) is 19.1 Å². The summed E-state index contributed by atoms with van der Waals surface area (Å²) in [6, 6.07) is 7.33. The van der Waals surface area contributed by atoms with Gasteiger partial charge < -0.3 is 0 Å². The summed E-state index contributed by atoms with van der Waals surface area (Å²) in [5.74, 6) is 0.623. The number of nitrogens with zero attached hydrogens (tertiary/aromatic N) is 2. The molecule has 142 valence electrons. The maximum atomic E-state index is 13.3. The number of aryl methyl sites for hydroxylation is 1. The number of aromatic nitrogens is 1. The minimum atomic E-state index is -3.56. The molecule has 0 radical (unpaired) electrons. The van der Waals surface area contributed by atoms with Crippen molar-refractivity contribution in [3.05, 3.63) is 59.3 Å². The van der Waals surface area contributed by atoms with E-state index in [4.69, 9.17) is 11.6 Å². The van der Waals surface area contributed by atoms with Crippen molar-refractivity contribution in [2.75, 3.05) is 13.1 Å². The summed E-state index contributed by atoms with van der Waals surface area (Å²) in [5, 5.41) is 1.75. The number of piperidine rings is 1. The van der Waals surface area contributed by atoms with Gasteiger partial charge in [0.15, 0.2) is 0 Å². The normalized spacial score (nSPS) is 22.1. The number of sulfonamides is 1. The van der Waals surface area contributed by atoms with Crippen LogP contribution in [-0.4, -0.2) is 30.8 Å². The number of allylic oxidation sites excluding steroid dienone is 4. The van der Waals surface area contributed by atoms with Crippen LogP contribution in [0.5, 0.6) is 0 Å². The van der Waals surface area contributed by atoms with Crippen LogP contribution < -0.4 is 0 Å². The van der Waals surface area contributed by atoms with Crippen LogP contribution in [0.3, 0.4) is 0 Å². The zero-order valence-corrected chi connectivity index (χ0v) is 16.9. The molecule has 0 N–H and O–H groups in total. The van der Waals surface area contributed by atoms with Crippen LogP contribution in [0.1, 0.15) is 24.8 Å². The Morgan fingerprint density at radius 2 is 2.00 bits per heavy atom. The molecule has 1 atom stereocenters. The van der Waals surface area contributed by atoms with Gasteiger partial charge in [-0.05, 0) is 49.8 Å². The molecule has 27 heavy (non-hydrogen) atoms. The molecule has 1 saturated heterocycles. The lowest BCUT2D eigenvalue weighted by molar-refractivity contribution is 0.248. The Labute approximate surface area is 165 Å². The van der Waals surface area contributed by atoms with E-state index in [1.165, 1.54) is 0 Å². The van der Waals surface area contributed by atoms with Crippen molar-refractivity contribution in [3.8, 4) is 0 Å². The van der Waals surface area contributed by atoms with E-state index in [0.29, 0.717) is 29.4 Å². The molecular formula is C21H23ClN2O2S. The highest BCUT2D eigenvalue weighted by atomic mass is 35.5. The van der Waals surface area contributed by atoms with Gasteiger partial charge in [-0.2, -0.15) is 4.31 Å². The Bertz CT molecular complexity index is 1020. The van der Waals surface area contributed by atoms with Crippen LogP contribution in [0.4, 0.5) is 0 Å². The molecule has 1 aromatic heterocycles. The Kier molecular flexibility index (Phi) is 5.10. The molecule has 4 nitrogen and oxygen atoms in total. The van der Waals surface area contributed by atoms with E-state index in [2.05, 4.69) is 23.2 Å². The number of rotatable bonds is 3. The second kappa shape index (κ2) is 7.38. The Morgan fingerprint density at radius 3 is 2.74 bits per heavy atom. The van der Waals surface area contributed by atoms with Gasteiger partial charge in [0.25, 0.3) is 0 Å². The third kappa shape index (κ3) is 3.56. The van der Waals surface area contributed by atoms with Gasteiger partial charge in [0, 0.05) is 35.6 Å². The maximum absolute atomic E-state index is 13.3. The van der Waals surface area contributed by atoms with Gasteiger partial charge in [0.1, 0.15) is 4.90 Å². The first-order valence-corrected chi connectivity index (χ1v) is 11.2. The van der Waals surface area contributed by atoms with Crippen molar-refractivity contribution in [2.24, 2.45) is 11.8 Å². The van der Waals surface area contributed by atoms with E-state index in [1.54, 1.807) is 22.6 Å². The number of para-hydroxylation sites is 1. The molecule has 0 amide bonds. The predicted octanol–water partition coefficient (Wildman–Crippen LogP) is 4.64. The summed E-state index contributed by atoms with van der Waals surface area (Å²) in [6.45, 7) is 2.99. The third-order valence-corrected chi connectivity index (χ3v) is 7.88. The quantitative estimate of drug-likeness (QED) is 0.702. The van der Waals surface area contributed by atoms with Gasteiger partial charge in [-0.25, -0.2) is 8.42 Å². The summed E-state index contributed by atoms with van der Waals surface area (Å²) >= 11 is 6.39. The number of pyridine rings is 1. The maximum Gasteiger partial charge on any atom is 0.245 e.